The van der Waals surface area contributed by atoms with E-state index in [-0.39, 0.29) is 5.69 Å². The van der Waals surface area contributed by atoms with Crippen LogP contribution >= 0.6 is 0 Å². The molecule has 3 rings (SSSR count). The molecule has 0 aliphatic rings. The largest absolute Gasteiger partial charge is 0.288 e. The Morgan fingerprint density at radius 2 is 1.69 bits per heavy atom. The lowest BCUT2D eigenvalue weighted by Crippen LogP contribution is -1.89. The minimum absolute atomic E-state index is 0.0683. The van der Waals surface area contributed by atoms with E-state index in [2.05, 4.69) is 34.9 Å². The number of nitro benzene ring substituents is 1. The third kappa shape index (κ3) is 5.58. The van der Waals surface area contributed by atoms with Crippen LogP contribution in [0.4, 0.5) is 11.4 Å². The maximum atomic E-state index is 10.7. The molecule has 0 saturated heterocycles. The average Bonchev–Trinajstić information content (AvgIpc) is 2.76. The number of allylic oxidation sites excluding steroid dienone is 1. The predicted molar refractivity (Wildman–Crippen MR) is 118 cm³/mol. The summed E-state index contributed by atoms with van der Waals surface area (Å²) in [7, 11) is 0. The lowest BCUT2D eigenvalue weighted by atomic mass is 10.1. The number of non-ortho nitro benzene ring substituents is 1. The molecular weight excluding hydrogens is 362 g/mol. The van der Waals surface area contributed by atoms with Crippen LogP contribution in [-0.4, -0.2) is 17.0 Å². The van der Waals surface area contributed by atoms with Crippen molar-refractivity contribution in [3.63, 3.8) is 0 Å². The van der Waals surface area contributed by atoms with Gasteiger partial charge in [-0.2, -0.15) is 0 Å². The highest BCUT2D eigenvalue weighted by molar-refractivity contribution is 5.91. The normalized spacial score (nSPS) is 10.5. The van der Waals surface area contributed by atoms with Crippen molar-refractivity contribution in [2.24, 2.45) is 9.98 Å². The van der Waals surface area contributed by atoms with Crippen LogP contribution in [0.2, 0.25) is 0 Å². The first-order valence-electron chi connectivity index (χ1n) is 9.37. The van der Waals surface area contributed by atoms with Gasteiger partial charge in [-0.3, -0.25) is 15.1 Å². The maximum Gasteiger partial charge on any atom is 0.269 e. The number of nitro groups is 1. The SMILES string of the molecule is CCC(=C=Nc1ccccc1CN=Cc1ccc([N+](=O)[O-])cc1)c1ccccc1. The highest BCUT2D eigenvalue weighted by atomic mass is 16.6. The quantitative estimate of drug-likeness (QED) is 0.285. The fourth-order valence-corrected chi connectivity index (χ4v) is 2.80. The summed E-state index contributed by atoms with van der Waals surface area (Å²) >= 11 is 0. The number of para-hydroxylation sites is 1. The maximum absolute atomic E-state index is 10.7. The second-order valence-electron chi connectivity index (χ2n) is 6.37. The minimum atomic E-state index is -0.414. The van der Waals surface area contributed by atoms with Crippen molar-refractivity contribution in [2.45, 2.75) is 19.9 Å². The lowest BCUT2D eigenvalue weighted by molar-refractivity contribution is -0.384. The molecule has 0 fully saturated rings. The number of hydrogen-bond acceptors (Lipinski definition) is 4. The number of aliphatic imine (C=N–C) groups is 2. The Bertz CT molecular complexity index is 1060. The van der Waals surface area contributed by atoms with Crippen LogP contribution in [0.3, 0.4) is 0 Å². The van der Waals surface area contributed by atoms with Crippen LogP contribution < -0.4 is 0 Å². The van der Waals surface area contributed by atoms with Crippen molar-refractivity contribution < 1.29 is 4.92 Å². The molecule has 0 atom stereocenters. The van der Waals surface area contributed by atoms with Crippen LogP contribution in [0.15, 0.2) is 88.8 Å². The Morgan fingerprint density at radius 1 is 1.00 bits per heavy atom. The number of rotatable bonds is 7. The smallest absolute Gasteiger partial charge is 0.269 e. The Kier molecular flexibility index (Phi) is 6.82. The van der Waals surface area contributed by atoms with Gasteiger partial charge in [0.25, 0.3) is 5.69 Å². The van der Waals surface area contributed by atoms with Gasteiger partial charge >= 0.3 is 0 Å². The van der Waals surface area contributed by atoms with E-state index >= 15 is 0 Å². The van der Waals surface area contributed by atoms with Crippen LogP contribution in [0.5, 0.6) is 0 Å². The van der Waals surface area contributed by atoms with Crippen molar-refractivity contribution in [3.8, 4) is 0 Å². The van der Waals surface area contributed by atoms with Gasteiger partial charge in [0.05, 0.1) is 17.2 Å². The Labute approximate surface area is 169 Å². The molecule has 0 amide bonds. The van der Waals surface area contributed by atoms with Gasteiger partial charge in [0.15, 0.2) is 0 Å². The van der Waals surface area contributed by atoms with E-state index in [4.69, 9.17) is 0 Å². The van der Waals surface area contributed by atoms with Gasteiger partial charge in [0.2, 0.25) is 0 Å². The zero-order valence-corrected chi connectivity index (χ0v) is 16.2. The van der Waals surface area contributed by atoms with E-state index in [0.717, 1.165) is 34.4 Å². The van der Waals surface area contributed by atoms with E-state index in [0.29, 0.717) is 6.54 Å². The molecule has 0 aliphatic carbocycles. The monoisotopic (exact) mass is 383 g/mol. The van der Waals surface area contributed by atoms with Crippen LogP contribution in [-0.2, 0) is 6.54 Å². The first kappa shape index (κ1) is 19.9. The van der Waals surface area contributed by atoms with E-state index < -0.39 is 4.92 Å². The van der Waals surface area contributed by atoms with Gasteiger partial charge in [-0.15, -0.1) is 0 Å². The molecule has 5 heteroatoms. The Hall–Kier alpha value is -3.82. The fraction of sp³-hybridized carbons (Fsp3) is 0.125. The zero-order chi connectivity index (χ0) is 20.5. The lowest BCUT2D eigenvalue weighted by Gasteiger charge is -2.02. The molecule has 5 nitrogen and oxygen atoms in total. The molecule has 29 heavy (non-hydrogen) atoms. The predicted octanol–water partition coefficient (Wildman–Crippen LogP) is 6.01. The van der Waals surface area contributed by atoms with Gasteiger partial charge < -0.3 is 0 Å². The number of benzene rings is 3. The van der Waals surface area contributed by atoms with Crippen molar-refractivity contribution in [1.29, 1.82) is 0 Å². The van der Waals surface area contributed by atoms with Crippen molar-refractivity contribution in [1.82, 2.24) is 0 Å². The second-order valence-corrected chi connectivity index (χ2v) is 6.37. The third-order valence-corrected chi connectivity index (χ3v) is 4.38. The molecule has 0 aromatic heterocycles. The summed E-state index contributed by atoms with van der Waals surface area (Å²) in [6.07, 6.45) is 2.55. The molecule has 0 saturated carbocycles. The fourth-order valence-electron chi connectivity index (χ4n) is 2.80. The standard InChI is InChI=1S/C24H21N3O2/c1-2-20(21-8-4-3-5-9-21)18-26-24-11-7-6-10-22(24)17-25-16-19-12-14-23(15-13-19)27(28)29/h3-16H,2,17H2,1H3. The van der Waals surface area contributed by atoms with Gasteiger partial charge in [0.1, 0.15) is 0 Å². The third-order valence-electron chi connectivity index (χ3n) is 4.38. The zero-order valence-electron chi connectivity index (χ0n) is 16.2. The molecule has 0 unspecified atom stereocenters. The van der Waals surface area contributed by atoms with Crippen molar-refractivity contribution >= 4 is 29.0 Å². The van der Waals surface area contributed by atoms with Crippen LogP contribution in [0.25, 0.3) is 5.57 Å². The van der Waals surface area contributed by atoms with E-state index in [1.165, 1.54) is 12.1 Å². The highest BCUT2D eigenvalue weighted by Crippen LogP contribution is 2.21. The second kappa shape index (κ2) is 9.93. The highest BCUT2D eigenvalue weighted by Gasteiger charge is 2.03. The number of hydrogen-bond donors (Lipinski definition) is 0. The summed E-state index contributed by atoms with van der Waals surface area (Å²) in [5.41, 5.74) is 4.87. The van der Waals surface area contributed by atoms with E-state index in [1.54, 1.807) is 18.3 Å². The summed E-state index contributed by atoms with van der Waals surface area (Å²) < 4.78 is 0. The molecule has 0 N–H and O–H groups in total. The van der Waals surface area contributed by atoms with Gasteiger partial charge in [-0.05, 0) is 47.2 Å². The first-order chi connectivity index (χ1) is 14.2. The van der Waals surface area contributed by atoms with Crippen LogP contribution in [0, 0.1) is 10.1 Å². The molecule has 0 aliphatic heterocycles. The Balaban J connectivity index is 1.78. The number of nitrogens with zero attached hydrogens (tertiary/aromatic N) is 3. The molecule has 0 spiro atoms. The molecule has 0 bridgehead atoms. The molecule has 3 aromatic carbocycles. The molecule has 0 radical (unpaired) electrons. The summed E-state index contributed by atoms with van der Waals surface area (Å²) in [4.78, 5) is 19.3. The molecule has 0 heterocycles. The average molecular weight is 383 g/mol. The Morgan fingerprint density at radius 3 is 2.38 bits per heavy atom. The van der Waals surface area contributed by atoms with E-state index in [1.807, 2.05) is 42.5 Å². The van der Waals surface area contributed by atoms with E-state index in [9.17, 15) is 10.1 Å². The van der Waals surface area contributed by atoms with Gasteiger partial charge in [-0.25, -0.2) is 4.99 Å². The summed E-state index contributed by atoms with van der Waals surface area (Å²) in [6.45, 7) is 2.55. The summed E-state index contributed by atoms with van der Waals surface area (Å²) in [5.74, 6) is 3.19. The topological polar surface area (TPSA) is 67.9 Å². The van der Waals surface area contributed by atoms with Crippen molar-refractivity contribution in [3.05, 3.63) is 106 Å². The minimum Gasteiger partial charge on any atom is -0.288 e. The van der Waals surface area contributed by atoms with Gasteiger partial charge in [0, 0.05) is 23.9 Å². The molecular formula is C24H21N3O2. The summed E-state index contributed by atoms with van der Waals surface area (Å²) in [6, 6.07) is 24.3. The van der Waals surface area contributed by atoms with Crippen LogP contribution in [0.1, 0.15) is 30.0 Å². The summed E-state index contributed by atoms with van der Waals surface area (Å²) in [5, 5.41) is 10.7. The molecule has 144 valence electrons. The van der Waals surface area contributed by atoms with Gasteiger partial charge in [-0.1, -0.05) is 55.5 Å². The first-order valence-corrected chi connectivity index (χ1v) is 9.37. The molecule has 3 aromatic rings. The van der Waals surface area contributed by atoms with Crippen molar-refractivity contribution in [2.75, 3.05) is 0 Å².